The number of thioether (sulfide) groups is 1. The molecule has 10 heteroatoms. The van der Waals surface area contributed by atoms with Crippen molar-refractivity contribution in [2.45, 2.75) is 57.9 Å². The van der Waals surface area contributed by atoms with Gasteiger partial charge in [0.25, 0.3) is 0 Å². The van der Waals surface area contributed by atoms with E-state index in [2.05, 4.69) is 0 Å². The molecule has 172 valence electrons. The standard InChI is InChI=1S/C22H24O9S/c1-5-14-8-17(26)16-7-6-15(9-18(16)30-14)31-22-21(29-13(4)25)20(28-12(3)24)19(10-32-22)27-11(2)23/h6-9,19-22H,5,10H2,1-4H3/t19-,20+,21-,22-/m1/s1. The van der Waals surface area contributed by atoms with Gasteiger partial charge in [-0.15, -0.1) is 11.8 Å². The number of ether oxygens (including phenoxy) is 4. The van der Waals surface area contributed by atoms with Crippen LogP contribution in [0.1, 0.15) is 33.5 Å². The predicted molar refractivity (Wildman–Crippen MR) is 115 cm³/mol. The monoisotopic (exact) mass is 464 g/mol. The van der Waals surface area contributed by atoms with Crippen LogP contribution >= 0.6 is 11.8 Å². The molecule has 3 rings (SSSR count). The molecule has 1 fully saturated rings. The summed E-state index contributed by atoms with van der Waals surface area (Å²) in [5, 5.41) is 0.412. The van der Waals surface area contributed by atoms with Gasteiger partial charge in [0.05, 0.1) is 5.39 Å². The Labute approximate surface area is 188 Å². The molecule has 0 unspecified atom stereocenters. The lowest BCUT2D eigenvalue weighted by atomic mass is 10.1. The van der Waals surface area contributed by atoms with Crippen LogP contribution in [0.2, 0.25) is 0 Å². The van der Waals surface area contributed by atoms with E-state index in [0.717, 1.165) is 0 Å². The summed E-state index contributed by atoms with van der Waals surface area (Å²) in [6.07, 6.45) is -2.33. The zero-order chi connectivity index (χ0) is 23.4. The third-order valence-electron chi connectivity index (χ3n) is 4.66. The SMILES string of the molecule is CCc1cc(=O)c2ccc(O[C@@H]3SC[C@@H](OC(C)=O)[C@H](OC(C)=O)[C@H]3OC(C)=O)cc2o1. The van der Waals surface area contributed by atoms with Crippen LogP contribution in [-0.4, -0.2) is 47.4 Å². The average Bonchev–Trinajstić information content (AvgIpc) is 2.70. The predicted octanol–water partition coefficient (Wildman–Crippen LogP) is 2.60. The van der Waals surface area contributed by atoms with Crippen molar-refractivity contribution in [2.75, 3.05) is 5.75 Å². The maximum Gasteiger partial charge on any atom is 0.303 e. The minimum Gasteiger partial charge on any atom is -0.476 e. The van der Waals surface area contributed by atoms with Crippen LogP contribution < -0.4 is 10.2 Å². The van der Waals surface area contributed by atoms with Gasteiger partial charge in [-0.3, -0.25) is 19.2 Å². The molecular formula is C22H24O9S. The first-order valence-corrected chi connectivity index (χ1v) is 11.1. The molecule has 0 N–H and O–H groups in total. The molecule has 0 bridgehead atoms. The Bertz CT molecular complexity index is 1080. The highest BCUT2D eigenvalue weighted by atomic mass is 32.2. The largest absolute Gasteiger partial charge is 0.476 e. The fourth-order valence-corrected chi connectivity index (χ4v) is 4.59. The average molecular weight is 464 g/mol. The minimum absolute atomic E-state index is 0.154. The Kier molecular flexibility index (Phi) is 7.44. The van der Waals surface area contributed by atoms with Gasteiger partial charge in [-0.1, -0.05) is 6.92 Å². The summed E-state index contributed by atoms with van der Waals surface area (Å²) in [6, 6.07) is 6.24. The highest BCUT2D eigenvalue weighted by Gasteiger charge is 2.47. The Morgan fingerprint density at radius 1 is 1.00 bits per heavy atom. The summed E-state index contributed by atoms with van der Waals surface area (Å²) in [5.41, 5.74) is -0.557. The fourth-order valence-electron chi connectivity index (χ4n) is 3.38. The zero-order valence-corrected chi connectivity index (χ0v) is 18.9. The van der Waals surface area contributed by atoms with E-state index in [4.69, 9.17) is 23.4 Å². The summed E-state index contributed by atoms with van der Waals surface area (Å²) in [5.74, 6) is -0.607. The number of fused-ring (bicyclic) bond motifs is 1. The summed E-state index contributed by atoms with van der Waals surface area (Å²) >= 11 is 1.24. The lowest BCUT2D eigenvalue weighted by Crippen LogP contribution is -2.55. The van der Waals surface area contributed by atoms with E-state index in [9.17, 15) is 19.2 Å². The Hall–Kier alpha value is -3.01. The summed E-state index contributed by atoms with van der Waals surface area (Å²) in [7, 11) is 0. The Morgan fingerprint density at radius 3 is 2.28 bits per heavy atom. The maximum absolute atomic E-state index is 12.3. The number of carbonyl (C=O) groups is 3. The molecule has 9 nitrogen and oxygen atoms in total. The highest BCUT2D eigenvalue weighted by molar-refractivity contribution is 7.99. The Morgan fingerprint density at radius 2 is 1.66 bits per heavy atom. The fraction of sp³-hybridized carbons (Fsp3) is 0.455. The quantitative estimate of drug-likeness (QED) is 0.466. The van der Waals surface area contributed by atoms with Crippen molar-refractivity contribution in [1.29, 1.82) is 0 Å². The first-order valence-electron chi connectivity index (χ1n) is 10.0. The van der Waals surface area contributed by atoms with Crippen LogP contribution in [0.15, 0.2) is 33.5 Å². The van der Waals surface area contributed by atoms with E-state index in [-0.39, 0.29) is 11.2 Å². The van der Waals surface area contributed by atoms with E-state index in [1.165, 1.54) is 38.6 Å². The molecule has 32 heavy (non-hydrogen) atoms. The molecule has 1 aliphatic rings. The third-order valence-corrected chi connectivity index (χ3v) is 5.87. The van der Waals surface area contributed by atoms with Crippen LogP contribution in [-0.2, 0) is 35.0 Å². The smallest absolute Gasteiger partial charge is 0.303 e. The second kappa shape index (κ2) is 10.1. The van der Waals surface area contributed by atoms with Crippen molar-refractivity contribution in [3.8, 4) is 5.75 Å². The van der Waals surface area contributed by atoms with Gasteiger partial charge in [0.1, 0.15) is 17.1 Å². The molecule has 2 aromatic rings. The number of rotatable bonds is 6. The van der Waals surface area contributed by atoms with E-state index in [0.29, 0.717) is 28.9 Å². The van der Waals surface area contributed by atoms with Crippen molar-refractivity contribution >= 4 is 40.6 Å². The second-order valence-corrected chi connectivity index (χ2v) is 8.34. The molecule has 4 atom stereocenters. The van der Waals surface area contributed by atoms with Gasteiger partial charge in [-0.2, -0.15) is 0 Å². The lowest BCUT2D eigenvalue weighted by molar-refractivity contribution is -0.186. The van der Waals surface area contributed by atoms with Gasteiger partial charge >= 0.3 is 17.9 Å². The number of carbonyl (C=O) groups excluding carboxylic acids is 3. The van der Waals surface area contributed by atoms with Gasteiger partial charge in [0.15, 0.2) is 29.2 Å². The Balaban J connectivity index is 1.92. The number of hydrogen-bond donors (Lipinski definition) is 0. The van der Waals surface area contributed by atoms with Gasteiger partial charge in [0.2, 0.25) is 0 Å². The van der Waals surface area contributed by atoms with Crippen molar-refractivity contribution in [2.24, 2.45) is 0 Å². The van der Waals surface area contributed by atoms with Crippen LogP contribution in [0.25, 0.3) is 11.0 Å². The van der Waals surface area contributed by atoms with Crippen molar-refractivity contribution in [1.82, 2.24) is 0 Å². The molecule has 2 heterocycles. The number of aryl methyl sites for hydroxylation is 1. The van der Waals surface area contributed by atoms with E-state index < -0.39 is 41.7 Å². The molecule has 0 amide bonds. The first-order chi connectivity index (χ1) is 15.2. The molecule has 1 aliphatic heterocycles. The molecule has 1 saturated heterocycles. The highest BCUT2D eigenvalue weighted by Crippen LogP contribution is 2.34. The van der Waals surface area contributed by atoms with Gasteiger partial charge in [0, 0.05) is 45.1 Å². The summed E-state index contributed by atoms with van der Waals surface area (Å²) < 4.78 is 27.8. The second-order valence-electron chi connectivity index (χ2n) is 7.20. The first kappa shape index (κ1) is 23.6. The van der Waals surface area contributed by atoms with Crippen molar-refractivity contribution < 1.29 is 37.7 Å². The molecule has 0 spiro atoms. The van der Waals surface area contributed by atoms with Crippen LogP contribution in [0.4, 0.5) is 0 Å². The van der Waals surface area contributed by atoms with Gasteiger partial charge in [-0.25, -0.2) is 0 Å². The number of benzene rings is 1. The number of hydrogen-bond acceptors (Lipinski definition) is 10. The van der Waals surface area contributed by atoms with Crippen LogP contribution in [0.3, 0.4) is 0 Å². The maximum atomic E-state index is 12.3. The summed E-state index contributed by atoms with van der Waals surface area (Å²) in [4.78, 5) is 47.2. The molecule has 0 saturated carbocycles. The van der Waals surface area contributed by atoms with Crippen LogP contribution in [0.5, 0.6) is 5.75 Å². The molecule has 1 aromatic carbocycles. The van der Waals surface area contributed by atoms with Crippen LogP contribution in [0, 0.1) is 0 Å². The minimum atomic E-state index is -1.04. The van der Waals surface area contributed by atoms with E-state index in [1.54, 1.807) is 18.2 Å². The van der Waals surface area contributed by atoms with E-state index >= 15 is 0 Å². The third kappa shape index (κ3) is 5.61. The normalized spacial score (nSPS) is 22.8. The zero-order valence-electron chi connectivity index (χ0n) is 18.1. The molecule has 0 aliphatic carbocycles. The van der Waals surface area contributed by atoms with Crippen molar-refractivity contribution in [3.63, 3.8) is 0 Å². The van der Waals surface area contributed by atoms with Gasteiger partial charge < -0.3 is 23.4 Å². The topological polar surface area (TPSA) is 118 Å². The number of esters is 3. The van der Waals surface area contributed by atoms with E-state index in [1.807, 2.05) is 6.92 Å². The van der Waals surface area contributed by atoms with Gasteiger partial charge in [-0.05, 0) is 12.1 Å². The molecule has 0 radical (unpaired) electrons. The molecular weight excluding hydrogens is 440 g/mol. The summed E-state index contributed by atoms with van der Waals surface area (Å²) in [6.45, 7) is 5.55. The molecule has 1 aromatic heterocycles. The lowest BCUT2D eigenvalue weighted by Gasteiger charge is -2.39. The van der Waals surface area contributed by atoms with Crippen molar-refractivity contribution in [3.05, 3.63) is 40.2 Å².